The molecule has 1 aromatic rings. The molecule has 4 heteroatoms. The van der Waals surface area contributed by atoms with Gasteiger partial charge in [0.2, 0.25) is 0 Å². The minimum Gasteiger partial charge on any atom is -0.394 e. The van der Waals surface area contributed by atoms with Crippen LogP contribution >= 0.6 is 11.8 Å². The number of hydrogen-bond donors (Lipinski definition) is 2. The molecule has 1 atom stereocenters. The molecule has 2 rings (SSSR count). The van der Waals surface area contributed by atoms with Crippen molar-refractivity contribution in [3.05, 3.63) is 23.4 Å². The Labute approximate surface area is 126 Å². The van der Waals surface area contributed by atoms with Crippen LogP contribution in [0.2, 0.25) is 0 Å². The van der Waals surface area contributed by atoms with Gasteiger partial charge in [0.1, 0.15) is 0 Å². The molecule has 0 bridgehead atoms. The van der Waals surface area contributed by atoms with Crippen molar-refractivity contribution in [1.82, 2.24) is 10.3 Å². The number of pyridine rings is 1. The summed E-state index contributed by atoms with van der Waals surface area (Å²) in [6.45, 7) is 8.63. The van der Waals surface area contributed by atoms with Crippen LogP contribution in [-0.2, 0) is 0 Å². The molecule has 0 aromatic carbocycles. The van der Waals surface area contributed by atoms with Crippen LogP contribution in [0.25, 0.3) is 0 Å². The molecular formula is C16H26N2OS. The van der Waals surface area contributed by atoms with Crippen LogP contribution in [0, 0.1) is 19.8 Å². The Morgan fingerprint density at radius 3 is 2.60 bits per heavy atom. The summed E-state index contributed by atoms with van der Waals surface area (Å²) in [6.07, 6.45) is 2.45. The Kier molecular flexibility index (Phi) is 5.10. The van der Waals surface area contributed by atoms with Crippen LogP contribution in [0.15, 0.2) is 17.2 Å². The first-order valence-corrected chi connectivity index (χ1v) is 8.40. The number of hydrogen-bond acceptors (Lipinski definition) is 4. The lowest BCUT2D eigenvalue weighted by Crippen LogP contribution is -2.55. The molecule has 20 heavy (non-hydrogen) atoms. The first-order chi connectivity index (χ1) is 9.45. The van der Waals surface area contributed by atoms with Crippen molar-refractivity contribution in [1.29, 1.82) is 0 Å². The number of thioether (sulfide) groups is 1. The number of aryl methyl sites for hydroxylation is 2. The minimum absolute atomic E-state index is 0.155. The first-order valence-electron chi connectivity index (χ1n) is 7.42. The average molecular weight is 294 g/mol. The maximum Gasteiger partial charge on any atom is 0.0966 e. The predicted molar refractivity (Wildman–Crippen MR) is 85.2 cm³/mol. The highest BCUT2D eigenvalue weighted by atomic mass is 32.2. The van der Waals surface area contributed by atoms with E-state index in [1.54, 1.807) is 11.8 Å². The maximum atomic E-state index is 9.93. The van der Waals surface area contributed by atoms with Gasteiger partial charge in [0.25, 0.3) is 0 Å². The van der Waals surface area contributed by atoms with Crippen molar-refractivity contribution in [2.75, 3.05) is 12.4 Å². The third-order valence-electron chi connectivity index (χ3n) is 3.77. The molecule has 1 heterocycles. The van der Waals surface area contributed by atoms with Gasteiger partial charge in [0.05, 0.1) is 17.2 Å². The SMILES string of the molecule is Cc1cc(C)nc(SCC(CO)(NC(C)C)C2CC2)c1. The lowest BCUT2D eigenvalue weighted by molar-refractivity contribution is 0.150. The quantitative estimate of drug-likeness (QED) is 0.759. The van der Waals surface area contributed by atoms with Crippen molar-refractivity contribution in [3.63, 3.8) is 0 Å². The Balaban J connectivity index is 2.08. The van der Waals surface area contributed by atoms with Gasteiger partial charge in [-0.25, -0.2) is 4.98 Å². The molecule has 0 saturated heterocycles. The normalized spacial score (nSPS) is 18.3. The fourth-order valence-electron chi connectivity index (χ4n) is 2.79. The van der Waals surface area contributed by atoms with Crippen LogP contribution < -0.4 is 5.32 Å². The smallest absolute Gasteiger partial charge is 0.0966 e. The number of nitrogens with zero attached hydrogens (tertiary/aromatic N) is 1. The Hall–Kier alpha value is -0.580. The molecular weight excluding hydrogens is 268 g/mol. The Bertz CT molecular complexity index is 440. The van der Waals surface area contributed by atoms with Crippen LogP contribution in [-0.4, -0.2) is 34.0 Å². The van der Waals surface area contributed by atoms with Gasteiger partial charge in [-0.2, -0.15) is 0 Å². The third kappa shape index (κ3) is 3.96. The van der Waals surface area contributed by atoms with Gasteiger partial charge in [0.15, 0.2) is 0 Å². The molecule has 112 valence electrons. The molecule has 1 unspecified atom stereocenters. The average Bonchev–Trinajstić information content (AvgIpc) is 3.17. The summed E-state index contributed by atoms with van der Waals surface area (Å²) in [5, 5.41) is 14.6. The van der Waals surface area contributed by atoms with Crippen LogP contribution in [0.4, 0.5) is 0 Å². The van der Waals surface area contributed by atoms with Gasteiger partial charge in [-0.3, -0.25) is 0 Å². The summed E-state index contributed by atoms with van der Waals surface area (Å²) in [6, 6.07) is 4.61. The zero-order valence-electron chi connectivity index (χ0n) is 12.9. The van der Waals surface area contributed by atoms with E-state index in [0.717, 1.165) is 16.5 Å². The number of nitrogens with one attached hydrogen (secondary N) is 1. The second-order valence-electron chi connectivity index (χ2n) is 6.30. The standard InChI is InChI=1S/C16H26N2OS/c1-11(2)18-16(9-19,14-5-6-14)10-20-15-8-12(3)7-13(4)17-15/h7-8,11,14,18-19H,5-6,9-10H2,1-4H3. The molecule has 0 amide bonds. The molecule has 0 spiro atoms. The van der Waals surface area contributed by atoms with Gasteiger partial charge in [0, 0.05) is 17.5 Å². The Morgan fingerprint density at radius 1 is 1.40 bits per heavy atom. The molecule has 0 aliphatic heterocycles. The van der Waals surface area contributed by atoms with E-state index < -0.39 is 0 Å². The number of aliphatic hydroxyl groups excluding tert-OH is 1. The largest absolute Gasteiger partial charge is 0.394 e. The van der Waals surface area contributed by atoms with E-state index in [0.29, 0.717) is 12.0 Å². The lowest BCUT2D eigenvalue weighted by Gasteiger charge is -2.35. The second kappa shape index (κ2) is 6.46. The van der Waals surface area contributed by atoms with E-state index in [-0.39, 0.29) is 12.1 Å². The molecule has 1 aliphatic rings. The fourth-order valence-corrected chi connectivity index (χ4v) is 4.08. The minimum atomic E-state index is -0.155. The molecule has 1 saturated carbocycles. The van der Waals surface area contributed by atoms with Crippen molar-refractivity contribution < 1.29 is 5.11 Å². The molecule has 1 fully saturated rings. The number of aliphatic hydroxyl groups is 1. The maximum absolute atomic E-state index is 9.93. The van der Waals surface area contributed by atoms with Crippen molar-refractivity contribution >= 4 is 11.8 Å². The monoisotopic (exact) mass is 294 g/mol. The van der Waals surface area contributed by atoms with E-state index >= 15 is 0 Å². The Morgan fingerprint density at radius 2 is 2.10 bits per heavy atom. The van der Waals surface area contributed by atoms with E-state index in [4.69, 9.17) is 0 Å². The highest BCUT2D eigenvalue weighted by Gasteiger charge is 2.45. The topological polar surface area (TPSA) is 45.2 Å². The fraction of sp³-hybridized carbons (Fsp3) is 0.688. The second-order valence-corrected chi connectivity index (χ2v) is 7.30. The number of rotatable bonds is 7. The predicted octanol–water partition coefficient (Wildman–Crippen LogP) is 2.93. The highest BCUT2D eigenvalue weighted by Crippen LogP contribution is 2.42. The molecule has 1 aliphatic carbocycles. The van der Waals surface area contributed by atoms with Gasteiger partial charge in [-0.1, -0.05) is 13.8 Å². The molecule has 3 nitrogen and oxygen atoms in total. The lowest BCUT2D eigenvalue weighted by atomic mass is 9.95. The third-order valence-corrected chi connectivity index (χ3v) is 4.93. The van der Waals surface area contributed by atoms with E-state index in [9.17, 15) is 5.11 Å². The van der Waals surface area contributed by atoms with Crippen molar-refractivity contribution in [3.8, 4) is 0 Å². The van der Waals surface area contributed by atoms with Gasteiger partial charge in [-0.15, -0.1) is 11.8 Å². The number of aromatic nitrogens is 1. The van der Waals surface area contributed by atoms with E-state index in [2.05, 4.69) is 43.2 Å². The van der Waals surface area contributed by atoms with Gasteiger partial charge >= 0.3 is 0 Å². The zero-order valence-corrected chi connectivity index (χ0v) is 13.8. The molecule has 1 aromatic heterocycles. The van der Waals surface area contributed by atoms with Gasteiger partial charge in [-0.05, 0) is 50.3 Å². The highest BCUT2D eigenvalue weighted by molar-refractivity contribution is 7.99. The summed E-state index contributed by atoms with van der Waals surface area (Å²) < 4.78 is 0. The van der Waals surface area contributed by atoms with Gasteiger partial charge < -0.3 is 10.4 Å². The zero-order chi connectivity index (χ0) is 14.8. The summed E-state index contributed by atoms with van der Waals surface area (Å²) in [5.41, 5.74) is 2.15. The van der Waals surface area contributed by atoms with Crippen LogP contribution in [0.5, 0.6) is 0 Å². The van der Waals surface area contributed by atoms with Crippen LogP contribution in [0.3, 0.4) is 0 Å². The van der Waals surface area contributed by atoms with Crippen molar-refractivity contribution in [2.24, 2.45) is 5.92 Å². The van der Waals surface area contributed by atoms with E-state index in [1.165, 1.54) is 18.4 Å². The molecule has 0 radical (unpaired) electrons. The molecule has 2 N–H and O–H groups in total. The van der Waals surface area contributed by atoms with Crippen LogP contribution in [0.1, 0.15) is 37.9 Å². The summed E-state index contributed by atoms with van der Waals surface area (Å²) in [5.74, 6) is 1.48. The summed E-state index contributed by atoms with van der Waals surface area (Å²) in [4.78, 5) is 4.58. The summed E-state index contributed by atoms with van der Waals surface area (Å²) in [7, 11) is 0. The first kappa shape index (κ1) is 15.8. The van der Waals surface area contributed by atoms with Crippen molar-refractivity contribution in [2.45, 2.75) is 57.1 Å². The summed E-state index contributed by atoms with van der Waals surface area (Å²) >= 11 is 1.76. The van der Waals surface area contributed by atoms with E-state index in [1.807, 2.05) is 6.92 Å².